The molecule has 38 heavy (non-hydrogen) atoms. The molecule has 1 aliphatic heterocycles. The van der Waals surface area contributed by atoms with Gasteiger partial charge in [-0.2, -0.15) is 5.26 Å². The number of rotatable bonds is 7. The number of hydrogen-bond donors (Lipinski definition) is 1. The highest BCUT2D eigenvalue weighted by atomic mass is 16.1. The van der Waals surface area contributed by atoms with E-state index in [-0.39, 0.29) is 5.91 Å². The highest BCUT2D eigenvalue weighted by molar-refractivity contribution is 5.89. The molecule has 0 radical (unpaired) electrons. The minimum Gasteiger partial charge on any atom is -0.368 e. The molecule has 1 saturated heterocycles. The van der Waals surface area contributed by atoms with Crippen LogP contribution in [0.5, 0.6) is 0 Å². The zero-order valence-electron chi connectivity index (χ0n) is 21.9. The third kappa shape index (κ3) is 5.30. The van der Waals surface area contributed by atoms with Crippen LogP contribution in [0.4, 0.5) is 11.5 Å². The van der Waals surface area contributed by atoms with Gasteiger partial charge in [-0.05, 0) is 55.2 Å². The molecule has 2 heterocycles. The number of nitriles is 1. The number of para-hydroxylation sites is 2. The van der Waals surface area contributed by atoms with Gasteiger partial charge in [-0.1, -0.05) is 54.6 Å². The van der Waals surface area contributed by atoms with Gasteiger partial charge in [0.1, 0.15) is 5.69 Å². The number of amides is 1. The maximum atomic E-state index is 13.2. The van der Waals surface area contributed by atoms with E-state index in [1.807, 2.05) is 54.6 Å². The van der Waals surface area contributed by atoms with Crippen LogP contribution in [0.25, 0.3) is 11.0 Å². The lowest BCUT2D eigenvalue weighted by molar-refractivity contribution is -0.121. The summed E-state index contributed by atoms with van der Waals surface area (Å²) in [6.07, 6.45) is 0.696. The fourth-order valence-electron chi connectivity index (χ4n) is 4.99. The molecule has 1 aromatic heterocycles. The van der Waals surface area contributed by atoms with E-state index >= 15 is 0 Å². The number of piperazine rings is 1. The summed E-state index contributed by atoms with van der Waals surface area (Å²) in [5, 5.41) is 13.0. The normalized spacial score (nSPS) is 14.2. The second-order valence-corrected chi connectivity index (χ2v) is 9.70. The predicted molar refractivity (Wildman–Crippen MR) is 151 cm³/mol. The van der Waals surface area contributed by atoms with Crippen molar-refractivity contribution < 1.29 is 4.79 Å². The lowest BCUT2D eigenvalue weighted by atomic mass is 10.0. The van der Waals surface area contributed by atoms with Crippen molar-refractivity contribution in [3.05, 3.63) is 95.2 Å². The Balaban J connectivity index is 1.38. The number of hydrogen-bond acceptors (Lipinski definition) is 6. The Labute approximate surface area is 223 Å². The van der Waals surface area contributed by atoms with E-state index < -0.39 is 5.92 Å². The van der Waals surface area contributed by atoms with Crippen molar-refractivity contribution in [3.8, 4) is 6.07 Å². The van der Waals surface area contributed by atoms with Crippen LogP contribution in [0.2, 0.25) is 0 Å². The van der Waals surface area contributed by atoms with Crippen LogP contribution >= 0.6 is 0 Å². The van der Waals surface area contributed by atoms with Crippen LogP contribution in [0, 0.1) is 25.2 Å². The first-order chi connectivity index (χ1) is 18.5. The highest BCUT2D eigenvalue weighted by Crippen LogP contribution is 2.30. The van der Waals surface area contributed by atoms with Gasteiger partial charge in [-0.15, -0.1) is 0 Å². The predicted octanol–water partition coefficient (Wildman–Crippen LogP) is 4.54. The fraction of sp³-hybridized carbons (Fsp3) is 0.290. The summed E-state index contributed by atoms with van der Waals surface area (Å²) in [6.45, 7) is 7.84. The van der Waals surface area contributed by atoms with Gasteiger partial charge in [-0.25, -0.2) is 9.97 Å². The van der Waals surface area contributed by atoms with Gasteiger partial charge < -0.3 is 15.1 Å². The maximum Gasteiger partial charge on any atom is 0.243 e. The molecule has 192 valence electrons. The van der Waals surface area contributed by atoms with Crippen molar-refractivity contribution in [2.75, 3.05) is 42.5 Å². The molecule has 5 rings (SSSR count). The summed E-state index contributed by atoms with van der Waals surface area (Å²) in [5.41, 5.74) is 6.81. The molecule has 0 saturated carbocycles. The van der Waals surface area contributed by atoms with Crippen molar-refractivity contribution in [1.29, 1.82) is 5.26 Å². The monoisotopic (exact) mass is 504 g/mol. The smallest absolute Gasteiger partial charge is 0.243 e. The van der Waals surface area contributed by atoms with Gasteiger partial charge in [-0.3, -0.25) is 4.79 Å². The molecule has 7 heteroatoms. The molecule has 1 atom stereocenters. The third-order valence-electron chi connectivity index (χ3n) is 7.29. The van der Waals surface area contributed by atoms with E-state index in [1.54, 1.807) is 0 Å². The number of carbonyl (C=O) groups excluding carboxylic acids is 1. The summed E-state index contributed by atoms with van der Waals surface area (Å²) >= 11 is 0. The number of carbonyl (C=O) groups is 1. The maximum absolute atomic E-state index is 13.2. The van der Waals surface area contributed by atoms with E-state index in [1.165, 1.54) is 16.8 Å². The minimum atomic E-state index is -1.05. The highest BCUT2D eigenvalue weighted by Gasteiger charge is 2.30. The van der Waals surface area contributed by atoms with Crippen LogP contribution in [-0.2, 0) is 11.2 Å². The zero-order valence-corrected chi connectivity index (χ0v) is 21.9. The second kappa shape index (κ2) is 11.3. The van der Waals surface area contributed by atoms with Gasteiger partial charge >= 0.3 is 0 Å². The molecule has 1 unspecified atom stereocenters. The van der Waals surface area contributed by atoms with Crippen molar-refractivity contribution in [2.24, 2.45) is 0 Å². The van der Waals surface area contributed by atoms with E-state index in [9.17, 15) is 10.1 Å². The van der Waals surface area contributed by atoms with Gasteiger partial charge in [0.25, 0.3) is 0 Å². The van der Waals surface area contributed by atoms with E-state index in [0.29, 0.717) is 30.0 Å². The number of aryl methyl sites for hydroxylation is 1. The van der Waals surface area contributed by atoms with E-state index in [4.69, 9.17) is 9.97 Å². The first-order valence-corrected chi connectivity index (χ1v) is 13.1. The Morgan fingerprint density at radius 2 is 1.55 bits per heavy atom. The molecular formula is C31H32N6O. The largest absolute Gasteiger partial charge is 0.368 e. The topological polar surface area (TPSA) is 85.2 Å². The quantitative estimate of drug-likeness (QED) is 0.398. The summed E-state index contributed by atoms with van der Waals surface area (Å²) in [6, 6.07) is 26.2. The number of aromatic nitrogens is 2. The average molecular weight is 505 g/mol. The van der Waals surface area contributed by atoms with Crippen LogP contribution in [0.15, 0.2) is 72.8 Å². The van der Waals surface area contributed by atoms with Gasteiger partial charge in [0.2, 0.25) is 5.91 Å². The Kier molecular flexibility index (Phi) is 7.50. The first-order valence-electron chi connectivity index (χ1n) is 13.1. The Hall–Kier alpha value is -4.44. The SMILES string of the molecule is Cc1cccc(N2CCN(c3nc4ccccc4nc3C(C#N)C(=O)NCCc3ccccc3)CC2)c1C. The Bertz CT molecular complexity index is 1470. The zero-order chi connectivity index (χ0) is 26.5. The molecule has 4 aromatic rings. The van der Waals surface area contributed by atoms with Crippen LogP contribution in [0.1, 0.15) is 28.3 Å². The van der Waals surface area contributed by atoms with Crippen molar-refractivity contribution in [1.82, 2.24) is 15.3 Å². The second-order valence-electron chi connectivity index (χ2n) is 9.70. The van der Waals surface area contributed by atoms with Crippen molar-refractivity contribution in [2.45, 2.75) is 26.2 Å². The molecular weight excluding hydrogens is 472 g/mol. The minimum absolute atomic E-state index is 0.344. The molecule has 3 aromatic carbocycles. The number of nitrogens with zero attached hydrogens (tertiary/aromatic N) is 5. The number of benzene rings is 3. The average Bonchev–Trinajstić information content (AvgIpc) is 2.95. The van der Waals surface area contributed by atoms with Crippen LogP contribution in [-0.4, -0.2) is 48.6 Å². The summed E-state index contributed by atoms with van der Waals surface area (Å²) in [7, 11) is 0. The van der Waals surface area contributed by atoms with Gasteiger partial charge in [0, 0.05) is 38.4 Å². The first kappa shape index (κ1) is 25.2. The molecule has 1 fully saturated rings. The van der Waals surface area contributed by atoms with Crippen molar-refractivity contribution in [3.63, 3.8) is 0 Å². The molecule has 0 bridgehead atoms. The fourth-order valence-corrected chi connectivity index (χ4v) is 4.99. The molecule has 7 nitrogen and oxygen atoms in total. The number of nitrogens with one attached hydrogen (secondary N) is 1. The van der Waals surface area contributed by atoms with E-state index in [2.05, 4.69) is 53.2 Å². The molecule has 1 N–H and O–H groups in total. The standard InChI is InChI=1S/C31H32N6O/c1-22-9-8-14-28(23(22)2)36-17-19-37(20-18-36)30-29(34-26-12-6-7-13-27(26)35-30)25(21-32)31(38)33-16-15-24-10-4-3-5-11-24/h3-14,25H,15-20H2,1-2H3,(H,33,38). The molecule has 1 aliphatic rings. The molecule has 1 amide bonds. The molecule has 0 aliphatic carbocycles. The number of anilines is 2. The summed E-state index contributed by atoms with van der Waals surface area (Å²) < 4.78 is 0. The van der Waals surface area contributed by atoms with E-state index in [0.717, 1.165) is 37.3 Å². The summed E-state index contributed by atoms with van der Waals surface area (Å²) in [5.74, 6) is -0.771. The summed E-state index contributed by atoms with van der Waals surface area (Å²) in [4.78, 5) is 27.5. The van der Waals surface area contributed by atoms with Crippen LogP contribution in [0.3, 0.4) is 0 Å². The van der Waals surface area contributed by atoms with Gasteiger partial charge in [0.05, 0.1) is 17.1 Å². The number of fused-ring (bicyclic) bond motifs is 1. The lowest BCUT2D eigenvalue weighted by Gasteiger charge is -2.38. The Morgan fingerprint density at radius 3 is 2.26 bits per heavy atom. The van der Waals surface area contributed by atoms with Crippen LogP contribution < -0.4 is 15.1 Å². The lowest BCUT2D eigenvalue weighted by Crippen LogP contribution is -2.47. The Morgan fingerprint density at radius 1 is 0.895 bits per heavy atom. The van der Waals surface area contributed by atoms with Gasteiger partial charge in [0.15, 0.2) is 11.7 Å². The third-order valence-corrected chi connectivity index (χ3v) is 7.29. The van der Waals surface area contributed by atoms with Crippen molar-refractivity contribution >= 4 is 28.4 Å². The molecule has 0 spiro atoms.